The predicted octanol–water partition coefficient (Wildman–Crippen LogP) is 3.61. The van der Waals surface area contributed by atoms with Crippen molar-refractivity contribution >= 4 is 0 Å². The molecule has 0 heterocycles. The van der Waals surface area contributed by atoms with E-state index in [1.807, 2.05) is 58.9 Å². The van der Waals surface area contributed by atoms with Crippen LogP contribution in [0.3, 0.4) is 0 Å². The number of hydrogen-bond donors (Lipinski definition) is 0. The highest BCUT2D eigenvalue weighted by Crippen LogP contribution is 2.18. The van der Waals surface area contributed by atoms with Crippen LogP contribution in [0.5, 0.6) is 0 Å². The van der Waals surface area contributed by atoms with Crippen molar-refractivity contribution in [3.8, 4) is 24.2 Å². The first-order valence-corrected chi connectivity index (χ1v) is 6.02. The topological polar surface area (TPSA) is 9.23 Å². The summed E-state index contributed by atoms with van der Waals surface area (Å²) in [4.78, 5) is 0. The minimum atomic E-state index is -0.469. The molecule has 0 saturated heterocycles. The Bertz CT molecular complexity index is 496. The number of ether oxygens (including phenoxy) is 1. The van der Waals surface area contributed by atoms with Crippen molar-refractivity contribution in [2.24, 2.45) is 0 Å². The highest BCUT2D eigenvalue weighted by atomic mass is 16.5. The second-order valence-electron chi connectivity index (χ2n) is 5.70. The van der Waals surface area contributed by atoms with Crippen LogP contribution < -0.4 is 0 Å². The van der Waals surface area contributed by atoms with Gasteiger partial charge < -0.3 is 4.74 Å². The summed E-state index contributed by atoms with van der Waals surface area (Å²) in [6.45, 7) is 10.0. The molecule has 0 atom stereocenters. The second-order valence-corrected chi connectivity index (χ2v) is 5.70. The number of hydrogen-bond acceptors (Lipinski definition) is 1. The molecule has 1 aromatic carbocycles. The smallest absolute Gasteiger partial charge is 0.124 e. The van der Waals surface area contributed by atoms with Gasteiger partial charge in [-0.3, -0.25) is 0 Å². The summed E-state index contributed by atoms with van der Waals surface area (Å²) >= 11 is 0. The van der Waals surface area contributed by atoms with Crippen LogP contribution >= 0.6 is 0 Å². The molecular weight excluding hydrogens is 220 g/mol. The standard InChI is InChI=1S/C17H20O/c1-7-14-8-10-15(11-9-14)12-13-17(5,6)18-16(2,3)4/h1,8-11H,2-6H3. The van der Waals surface area contributed by atoms with Crippen LogP contribution in [-0.4, -0.2) is 11.2 Å². The van der Waals surface area contributed by atoms with Gasteiger partial charge in [-0.25, -0.2) is 0 Å². The summed E-state index contributed by atoms with van der Waals surface area (Å²) in [7, 11) is 0. The predicted molar refractivity (Wildman–Crippen MR) is 76.2 cm³/mol. The molecule has 94 valence electrons. The summed E-state index contributed by atoms with van der Waals surface area (Å²) in [5, 5.41) is 0. The fourth-order valence-electron chi connectivity index (χ4n) is 1.66. The van der Waals surface area contributed by atoms with Gasteiger partial charge >= 0.3 is 0 Å². The minimum absolute atomic E-state index is 0.203. The first-order valence-electron chi connectivity index (χ1n) is 6.02. The molecule has 0 spiro atoms. The van der Waals surface area contributed by atoms with Gasteiger partial charge in [0.2, 0.25) is 0 Å². The van der Waals surface area contributed by atoms with Crippen LogP contribution in [0.2, 0.25) is 0 Å². The Labute approximate surface area is 111 Å². The van der Waals surface area contributed by atoms with Crippen LogP contribution in [0.4, 0.5) is 0 Å². The summed E-state index contributed by atoms with van der Waals surface area (Å²) in [6.07, 6.45) is 5.31. The molecule has 1 rings (SSSR count). The molecule has 1 aromatic rings. The maximum Gasteiger partial charge on any atom is 0.124 e. The average molecular weight is 240 g/mol. The third-order valence-electron chi connectivity index (χ3n) is 2.12. The van der Waals surface area contributed by atoms with Gasteiger partial charge in [-0.15, -0.1) is 6.42 Å². The quantitative estimate of drug-likeness (QED) is 0.681. The number of rotatable bonds is 1. The first kappa shape index (κ1) is 14.4. The van der Waals surface area contributed by atoms with Crippen molar-refractivity contribution in [2.45, 2.75) is 45.8 Å². The molecule has 0 radical (unpaired) electrons. The molecule has 0 amide bonds. The lowest BCUT2D eigenvalue weighted by atomic mass is 10.1. The van der Waals surface area contributed by atoms with E-state index < -0.39 is 5.60 Å². The molecular formula is C17H20O. The highest BCUT2D eigenvalue weighted by Gasteiger charge is 2.23. The molecule has 0 unspecified atom stereocenters. The fourth-order valence-corrected chi connectivity index (χ4v) is 1.66. The molecule has 0 aliphatic rings. The fraction of sp³-hybridized carbons (Fsp3) is 0.412. The first-order chi connectivity index (χ1) is 8.22. The van der Waals surface area contributed by atoms with Crippen LogP contribution in [-0.2, 0) is 4.74 Å². The zero-order chi connectivity index (χ0) is 13.8. The largest absolute Gasteiger partial charge is 0.357 e. The van der Waals surface area contributed by atoms with Crippen LogP contribution in [0.25, 0.3) is 0 Å². The molecule has 18 heavy (non-hydrogen) atoms. The van der Waals surface area contributed by atoms with Gasteiger partial charge in [0.15, 0.2) is 0 Å². The lowest BCUT2D eigenvalue weighted by Crippen LogP contribution is -2.33. The third-order valence-corrected chi connectivity index (χ3v) is 2.12. The van der Waals surface area contributed by atoms with E-state index in [-0.39, 0.29) is 5.60 Å². The maximum absolute atomic E-state index is 5.89. The summed E-state index contributed by atoms with van der Waals surface area (Å²) in [5.41, 5.74) is 1.14. The number of terminal acetylenes is 1. The van der Waals surface area contributed by atoms with E-state index >= 15 is 0 Å². The van der Waals surface area contributed by atoms with E-state index in [2.05, 4.69) is 17.8 Å². The van der Waals surface area contributed by atoms with Crippen LogP contribution in [0.1, 0.15) is 45.7 Å². The van der Waals surface area contributed by atoms with E-state index in [0.29, 0.717) is 0 Å². The Morgan fingerprint density at radius 1 is 0.944 bits per heavy atom. The Morgan fingerprint density at radius 2 is 1.44 bits per heavy atom. The summed E-state index contributed by atoms with van der Waals surface area (Å²) < 4.78 is 5.89. The molecule has 0 aliphatic heterocycles. The van der Waals surface area contributed by atoms with Gasteiger partial charge in [0.05, 0.1) is 5.60 Å². The van der Waals surface area contributed by atoms with Gasteiger partial charge in [-0.1, -0.05) is 17.8 Å². The van der Waals surface area contributed by atoms with E-state index in [1.165, 1.54) is 0 Å². The Morgan fingerprint density at radius 3 is 1.89 bits per heavy atom. The van der Waals surface area contributed by atoms with E-state index in [9.17, 15) is 0 Å². The van der Waals surface area contributed by atoms with Crippen molar-refractivity contribution < 1.29 is 4.74 Å². The SMILES string of the molecule is C#Cc1ccc(C#CC(C)(C)OC(C)(C)C)cc1. The summed E-state index contributed by atoms with van der Waals surface area (Å²) in [6, 6.07) is 7.63. The Balaban J connectivity index is 2.84. The summed E-state index contributed by atoms with van der Waals surface area (Å²) in [5.74, 6) is 8.85. The highest BCUT2D eigenvalue weighted by molar-refractivity contribution is 5.41. The third kappa shape index (κ3) is 5.09. The molecule has 0 aromatic heterocycles. The van der Waals surface area contributed by atoms with Crippen LogP contribution in [0, 0.1) is 24.2 Å². The minimum Gasteiger partial charge on any atom is -0.357 e. The zero-order valence-electron chi connectivity index (χ0n) is 11.8. The van der Waals surface area contributed by atoms with Crippen molar-refractivity contribution in [3.63, 3.8) is 0 Å². The molecule has 0 aliphatic carbocycles. The van der Waals surface area contributed by atoms with E-state index in [4.69, 9.17) is 11.2 Å². The van der Waals surface area contributed by atoms with Crippen molar-refractivity contribution in [3.05, 3.63) is 35.4 Å². The zero-order valence-corrected chi connectivity index (χ0v) is 11.8. The van der Waals surface area contributed by atoms with Crippen molar-refractivity contribution in [1.82, 2.24) is 0 Å². The van der Waals surface area contributed by atoms with Crippen molar-refractivity contribution in [2.75, 3.05) is 0 Å². The molecule has 0 saturated carbocycles. The van der Waals surface area contributed by atoms with Gasteiger partial charge in [0.1, 0.15) is 5.60 Å². The lowest BCUT2D eigenvalue weighted by Gasteiger charge is -2.29. The van der Waals surface area contributed by atoms with Gasteiger partial charge in [-0.05, 0) is 58.9 Å². The van der Waals surface area contributed by atoms with Crippen molar-refractivity contribution in [1.29, 1.82) is 0 Å². The lowest BCUT2D eigenvalue weighted by molar-refractivity contribution is -0.0802. The normalized spacial score (nSPS) is 11.3. The van der Waals surface area contributed by atoms with Gasteiger partial charge in [-0.2, -0.15) is 0 Å². The van der Waals surface area contributed by atoms with Gasteiger partial charge in [0.25, 0.3) is 0 Å². The van der Waals surface area contributed by atoms with E-state index in [0.717, 1.165) is 11.1 Å². The molecule has 0 fully saturated rings. The monoisotopic (exact) mass is 240 g/mol. The molecule has 1 nitrogen and oxygen atoms in total. The molecule has 0 N–H and O–H groups in total. The molecule has 0 bridgehead atoms. The maximum atomic E-state index is 5.89. The molecule has 1 heteroatoms. The van der Waals surface area contributed by atoms with Gasteiger partial charge in [0, 0.05) is 11.1 Å². The van der Waals surface area contributed by atoms with E-state index in [1.54, 1.807) is 0 Å². The Hall–Kier alpha value is -1.70. The second kappa shape index (κ2) is 5.30. The van der Waals surface area contributed by atoms with Crippen LogP contribution in [0.15, 0.2) is 24.3 Å². The Kier molecular flexibility index (Phi) is 4.23. The number of benzene rings is 1. The average Bonchev–Trinajstić information content (AvgIpc) is 2.24.